The van der Waals surface area contributed by atoms with Crippen molar-refractivity contribution in [1.29, 1.82) is 0 Å². The normalized spacial score (nSPS) is 32.7. The van der Waals surface area contributed by atoms with E-state index in [1.165, 1.54) is 4.31 Å². The number of nitrogens with one attached hydrogen (secondary N) is 4. The van der Waals surface area contributed by atoms with Crippen LogP contribution in [0.1, 0.15) is 138 Å². The van der Waals surface area contributed by atoms with E-state index in [0.717, 1.165) is 70.8 Å². The Morgan fingerprint density at radius 3 is 2.00 bits per heavy atom. The van der Waals surface area contributed by atoms with Crippen molar-refractivity contribution in [3.8, 4) is 0 Å². The molecule has 4 N–H and O–H groups in total. The number of hydrogen-bond acceptors (Lipinski definition) is 8. The molecule has 3 saturated heterocycles. The fraction of sp³-hybridized carbons (Fsp3) is 0.841. The van der Waals surface area contributed by atoms with Gasteiger partial charge in [0.2, 0.25) is 23.6 Å². The van der Waals surface area contributed by atoms with Crippen molar-refractivity contribution in [3.05, 3.63) is 12.7 Å². The fourth-order valence-corrected chi connectivity index (χ4v) is 13.7. The Labute approximate surface area is 352 Å². The first-order chi connectivity index (χ1) is 27.7. The standard InChI is InChI=1S/C44H71N7O7S/c1-9-30-25-44(30,39(56)48-59(57,58)49-22-13-14-23-49)47-36(53)32-26-43(41(7,8)42(43)20-16-21-42)27-51(32)38(55)34(40(4,5)6)46-37(54)33(29-17-11-10-12-18-29)45-35(52)31-19-15-24-50(31)28(2)3/h9,28-34H,1,10-27H2,2-8H3,(H,45,52)(H,46,54)(H,47,53)(H,48,56)/t30-,31+,32+,33+,34-,43-,44-/m1/s1. The average Bonchev–Trinajstić information content (AvgIpc) is 3.59. The minimum absolute atomic E-state index is 0.0173. The summed E-state index contributed by atoms with van der Waals surface area (Å²) < 4.78 is 29.9. The number of hydrogen-bond donors (Lipinski definition) is 4. The molecule has 7 aliphatic rings. The van der Waals surface area contributed by atoms with E-state index < -0.39 is 57.0 Å². The molecule has 3 heterocycles. The predicted octanol–water partition coefficient (Wildman–Crippen LogP) is 3.77. The summed E-state index contributed by atoms with van der Waals surface area (Å²) in [7, 11) is -4.11. The third-order valence-electron chi connectivity index (χ3n) is 16.4. The molecule has 4 saturated carbocycles. The van der Waals surface area contributed by atoms with Gasteiger partial charge in [-0.25, -0.2) is 4.72 Å². The molecular formula is C44H71N7O7S. The second-order valence-electron chi connectivity index (χ2n) is 21.1. The van der Waals surface area contributed by atoms with Gasteiger partial charge in [0.15, 0.2) is 0 Å². The maximum absolute atomic E-state index is 15.3. The molecule has 7 fully saturated rings. The van der Waals surface area contributed by atoms with Gasteiger partial charge in [0.1, 0.15) is 23.7 Å². The summed E-state index contributed by atoms with van der Waals surface area (Å²) in [6, 6.07) is -2.90. The van der Waals surface area contributed by atoms with Crippen LogP contribution in [0, 0.1) is 33.5 Å². The molecule has 2 spiro atoms. The molecule has 5 amide bonds. The van der Waals surface area contributed by atoms with Crippen LogP contribution in [0.3, 0.4) is 0 Å². The van der Waals surface area contributed by atoms with Crippen molar-refractivity contribution in [2.45, 2.75) is 174 Å². The third kappa shape index (κ3) is 7.44. The highest BCUT2D eigenvalue weighted by molar-refractivity contribution is 7.87. The smallest absolute Gasteiger partial charge is 0.303 e. The number of fused-ring (bicyclic) bond motifs is 1. The first kappa shape index (κ1) is 44.0. The van der Waals surface area contributed by atoms with Crippen LogP contribution < -0.4 is 20.7 Å². The van der Waals surface area contributed by atoms with Crippen molar-refractivity contribution in [1.82, 2.24) is 34.8 Å². The molecule has 15 heteroatoms. The topological polar surface area (TPSA) is 177 Å². The van der Waals surface area contributed by atoms with Gasteiger partial charge in [0.25, 0.3) is 5.91 Å². The van der Waals surface area contributed by atoms with Crippen LogP contribution in [0.2, 0.25) is 0 Å². The molecule has 0 unspecified atom stereocenters. The quantitative estimate of drug-likeness (QED) is 0.203. The average molecular weight is 842 g/mol. The summed E-state index contributed by atoms with van der Waals surface area (Å²) in [5.74, 6) is -2.77. The maximum atomic E-state index is 15.3. The summed E-state index contributed by atoms with van der Waals surface area (Å²) in [5, 5.41) is 9.29. The molecule has 0 aromatic carbocycles. The lowest BCUT2D eigenvalue weighted by Crippen LogP contribution is -2.63. The lowest BCUT2D eigenvalue weighted by molar-refractivity contribution is -0.145. The van der Waals surface area contributed by atoms with Gasteiger partial charge in [-0.15, -0.1) is 6.58 Å². The van der Waals surface area contributed by atoms with E-state index in [4.69, 9.17) is 0 Å². The molecule has 59 heavy (non-hydrogen) atoms. The number of likely N-dealkylation sites (tertiary alicyclic amines) is 2. The summed E-state index contributed by atoms with van der Waals surface area (Å²) in [4.78, 5) is 76.3. The van der Waals surface area contributed by atoms with Crippen molar-refractivity contribution in [2.75, 3.05) is 26.2 Å². The first-order valence-electron chi connectivity index (χ1n) is 22.6. The monoisotopic (exact) mass is 842 g/mol. The van der Waals surface area contributed by atoms with Gasteiger partial charge in [-0.1, -0.05) is 66.4 Å². The van der Waals surface area contributed by atoms with Gasteiger partial charge in [-0.2, -0.15) is 12.7 Å². The largest absolute Gasteiger partial charge is 0.343 e. The lowest BCUT2D eigenvalue weighted by atomic mass is 9.73. The highest BCUT2D eigenvalue weighted by Gasteiger charge is 2.85. The van der Waals surface area contributed by atoms with Crippen molar-refractivity contribution in [2.24, 2.45) is 33.5 Å². The molecule has 7 atom stereocenters. The molecule has 0 aromatic heterocycles. The number of amides is 5. The highest BCUT2D eigenvalue weighted by atomic mass is 32.2. The molecule has 7 rings (SSSR count). The van der Waals surface area contributed by atoms with Crippen molar-refractivity contribution >= 4 is 39.7 Å². The lowest BCUT2D eigenvalue weighted by Gasteiger charge is -2.38. The minimum Gasteiger partial charge on any atom is -0.343 e. The van der Waals surface area contributed by atoms with Crippen LogP contribution in [0.25, 0.3) is 0 Å². The summed E-state index contributed by atoms with van der Waals surface area (Å²) in [6.45, 7) is 20.0. The minimum atomic E-state index is -4.11. The second kappa shape index (κ2) is 15.7. The van der Waals surface area contributed by atoms with Crippen molar-refractivity contribution < 1.29 is 32.4 Å². The number of carbonyl (C=O) groups excluding carboxylic acids is 5. The summed E-state index contributed by atoms with van der Waals surface area (Å²) >= 11 is 0. The van der Waals surface area contributed by atoms with Gasteiger partial charge >= 0.3 is 10.2 Å². The maximum Gasteiger partial charge on any atom is 0.303 e. The van der Waals surface area contributed by atoms with Crippen LogP contribution in [-0.2, 0) is 34.2 Å². The Morgan fingerprint density at radius 1 is 0.797 bits per heavy atom. The van der Waals surface area contributed by atoms with Gasteiger partial charge in [0.05, 0.1) is 6.04 Å². The first-order valence-corrected chi connectivity index (χ1v) is 24.0. The zero-order valence-corrected chi connectivity index (χ0v) is 37.5. The third-order valence-corrected chi connectivity index (χ3v) is 17.9. The predicted molar refractivity (Wildman–Crippen MR) is 224 cm³/mol. The fourth-order valence-electron chi connectivity index (χ4n) is 12.5. The van der Waals surface area contributed by atoms with E-state index >= 15 is 4.79 Å². The summed E-state index contributed by atoms with van der Waals surface area (Å²) in [5.41, 5.74) is -2.78. The van der Waals surface area contributed by atoms with Gasteiger partial charge in [-0.05, 0) is 107 Å². The molecular weight excluding hydrogens is 771 g/mol. The zero-order chi connectivity index (χ0) is 42.9. The SMILES string of the molecule is C=C[C@@H]1C[C@]1(NC(=O)[C@@H]1C[C@@]2(CN1C(=O)[C@@H](NC(=O)[C@@H](NC(=O)[C@@H]1CCCN1C(C)C)C1CCCCC1)C(C)(C)C)C(C)(C)C21CCC1)C(=O)NS(=O)(=O)N1CCCC1. The van der Waals surface area contributed by atoms with E-state index in [9.17, 15) is 27.6 Å². The number of carbonyl (C=O) groups is 5. The van der Waals surface area contributed by atoms with Crippen LogP contribution in [0.4, 0.5) is 0 Å². The van der Waals surface area contributed by atoms with Crippen LogP contribution >= 0.6 is 0 Å². The van der Waals surface area contributed by atoms with E-state index in [2.05, 4.69) is 59.8 Å². The van der Waals surface area contributed by atoms with E-state index in [1.807, 2.05) is 20.8 Å². The van der Waals surface area contributed by atoms with Crippen LogP contribution in [0.15, 0.2) is 12.7 Å². The molecule has 3 aliphatic heterocycles. The molecule has 0 radical (unpaired) electrons. The van der Waals surface area contributed by atoms with Crippen LogP contribution in [0.5, 0.6) is 0 Å². The Morgan fingerprint density at radius 2 is 1.46 bits per heavy atom. The highest BCUT2D eigenvalue weighted by Crippen LogP contribution is 2.88. The molecule has 330 valence electrons. The van der Waals surface area contributed by atoms with E-state index in [1.54, 1.807) is 11.0 Å². The van der Waals surface area contributed by atoms with Crippen molar-refractivity contribution in [3.63, 3.8) is 0 Å². The number of rotatable bonds is 13. The Hall–Kier alpha value is -3.04. The second-order valence-corrected chi connectivity index (χ2v) is 22.7. The Balaban J connectivity index is 1.15. The van der Waals surface area contributed by atoms with Gasteiger partial charge in [0, 0.05) is 37.0 Å². The summed E-state index contributed by atoms with van der Waals surface area (Å²) in [6.07, 6.45) is 12.9. The molecule has 0 bridgehead atoms. The van der Waals surface area contributed by atoms with Gasteiger partial charge < -0.3 is 20.9 Å². The zero-order valence-electron chi connectivity index (χ0n) is 36.7. The molecule has 0 aromatic rings. The van der Waals surface area contributed by atoms with E-state index in [-0.39, 0.29) is 58.4 Å². The van der Waals surface area contributed by atoms with Gasteiger partial charge in [-0.3, -0.25) is 28.9 Å². The van der Waals surface area contributed by atoms with E-state index in [0.29, 0.717) is 38.9 Å². The van der Waals surface area contributed by atoms with Crippen LogP contribution in [-0.4, -0.2) is 114 Å². The number of nitrogens with zero attached hydrogens (tertiary/aromatic N) is 3. The Kier molecular flexibility index (Phi) is 11.7. The molecule has 14 nitrogen and oxygen atoms in total. The molecule has 4 aliphatic carbocycles. The Bertz CT molecular complexity index is 1810.